The van der Waals surface area contributed by atoms with Crippen LogP contribution in [0.15, 0.2) is 36.4 Å². The molecule has 0 aliphatic heterocycles. The van der Waals surface area contributed by atoms with Gasteiger partial charge in [0.15, 0.2) is 0 Å². The van der Waals surface area contributed by atoms with Crippen molar-refractivity contribution < 1.29 is 0 Å². The van der Waals surface area contributed by atoms with Gasteiger partial charge in [0, 0.05) is 6.04 Å². The minimum atomic E-state index is 0.455. The molecule has 0 saturated carbocycles. The van der Waals surface area contributed by atoms with Gasteiger partial charge in [-0.05, 0) is 25.5 Å². The average Bonchev–Trinajstić information content (AvgIpc) is 2.28. The largest absolute Gasteiger partial charge is 0.311 e. The molecule has 0 spiro atoms. The van der Waals surface area contributed by atoms with Gasteiger partial charge in [-0.25, -0.2) is 0 Å². The van der Waals surface area contributed by atoms with E-state index >= 15 is 0 Å². The van der Waals surface area contributed by atoms with E-state index in [1.165, 1.54) is 18.4 Å². The minimum Gasteiger partial charge on any atom is -0.311 e. The van der Waals surface area contributed by atoms with E-state index in [-0.39, 0.29) is 0 Å². The molecule has 1 aromatic rings. The Kier molecular flexibility index (Phi) is 5.79. The normalized spacial score (nSPS) is 13.2. The average molecular weight is 203 g/mol. The number of benzene rings is 1. The summed E-state index contributed by atoms with van der Waals surface area (Å²) in [5.74, 6) is 0. The zero-order valence-electron chi connectivity index (χ0n) is 9.74. The van der Waals surface area contributed by atoms with Gasteiger partial charge in [-0.2, -0.15) is 0 Å². The van der Waals surface area contributed by atoms with E-state index in [2.05, 4.69) is 55.6 Å². The van der Waals surface area contributed by atoms with Crippen molar-refractivity contribution in [2.45, 2.75) is 32.7 Å². The van der Waals surface area contributed by atoms with Gasteiger partial charge in [0.1, 0.15) is 0 Å². The van der Waals surface area contributed by atoms with Crippen molar-refractivity contribution in [3.8, 4) is 0 Å². The predicted molar refractivity (Wildman–Crippen MR) is 67.8 cm³/mol. The number of unbranched alkanes of at least 4 members (excludes halogenated alkanes) is 1. The summed E-state index contributed by atoms with van der Waals surface area (Å²) in [5, 5.41) is 3.47. The highest BCUT2D eigenvalue weighted by atomic mass is 14.9. The number of rotatable bonds is 6. The van der Waals surface area contributed by atoms with Crippen molar-refractivity contribution in [3.63, 3.8) is 0 Å². The quantitative estimate of drug-likeness (QED) is 0.698. The van der Waals surface area contributed by atoms with Crippen LogP contribution in [0.25, 0.3) is 6.08 Å². The molecule has 0 aliphatic rings. The second-order valence-corrected chi connectivity index (χ2v) is 3.87. The van der Waals surface area contributed by atoms with Gasteiger partial charge in [0.25, 0.3) is 0 Å². The summed E-state index contributed by atoms with van der Waals surface area (Å²) in [4.78, 5) is 0. The molecule has 0 aliphatic carbocycles. The van der Waals surface area contributed by atoms with Crippen molar-refractivity contribution in [1.29, 1.82) is 0 Å². The summed E-state index contributed by atoms with van der Waals surface area (Å²) in [6, 6.07) is 10.9. The van der Waals surface area contributed by atoms with Crippen molar-refractivity contribution in [2.75, 3.05) is 6.54 Å². The molecule has 1 rings (SSSR count). The van der Waals surface area contributed by atoms with Crippen LogP contribution in [0.3, 0.4) is 0 Å². The molecule has 0 heterocycles. The molecule has 1 atom stereocenters. The van der Waals surface area contributed by atoms with Crippen LogP contribution in [-0.2, 0) is 0 Å². The molecule has 1 aromatic carbocycles. The molecule has 0 aromatic heterocycles. The second kappa shape index (κ2) is 7.24. The predicted octanol–water partition coefficient (Wildman–Crippen LogP) is 3.48. The van der Waals surface area contributed by atoms with E-state index < -0.39 is 0 Å². The highest BCUT2D eigenvalue weighted by Gasteiger charge is 1.93. The fourth-order valence-corrected chi connectivity index (χ4v) is 1.39. The van der Waals surface area contributed by atoms with Gasteiger partial charge >= 0.3 is 0 Å². The lowest BCUT2D eigenvalue weighted by Crippen LogP contribution is -2.24. The first-order valence-corrected chi connectivity index (χ1v) is 5.79. The van der Waals surface area contributed by atoms with E-state index in [4.69, 9.17) is 0 Å². The minimum absolute atomic E-state index is 0.455. The molecule has 0 bridgehead atoms. The molecule has 15 heavy (non-hydrogen) atoms. The Labute approximate surface area is 93.2 Å². The third-order valence-electron chi connectivity index (χ3n) is 2.37. The number of hydrogen-bond acceptors (Lipinski definition) is 1. The Bertz CT molecular complexity index is 277. The summed E-state index contributed by atoms with van der Waals surface area (Å²) < 4.78 is 0. The van der Waals surface area contributed by atoms with Crippen LogP contribution in [0.5, 0.6) is 0 Å². The van der Waals surface area contributed by atoms with E-state index in [9.17, 15) is 0 Å². The summed E-state index contributed by atoms with van der Waals surface area (Å²) in [7, 11) is 0. The molecule has 0 saturated heterocycles. The van der Waals surface area contributed by atoms with Gasteiger partial charge in [-0.1, -0.05) is 55.8 Å². The molecule has 0 amide bonds. The van der Waals surface area contributed by atoms with Crippen molar-refractivity contribution >= 4 is 6.08 Å². The first-order valence-electron chi connectivity index (χ1n) is 5.79. The third-order valence-corrected chi connectivity index (χ3v) is 2.37. The summed E-state index contributed by atoms with van der Waals surface area (Å²) in [5.41, 5.74) is 1.27. The Morgan fingerprint density at radius 2 is 2.00 bits per heavy atom. The summed E-state index contributed by atoms with van der Waals surface area (Å²) in [6.07, 6.45) is 6.89. The lowest BCUT2D eigenvalue weighted by Gasteiger charge is -2.08. The van der Waals surface area contributed by atoms with Crippen LogP contribution in [0.4, 0.5) is 0 Å². The van der Waals surface area contributed by atoms with Crippen LogP contribution < -0.4 is 5.32 Å². The molecule has 0 unspecified atom stereocenters. The second-order valence-electron chi connectivity index (χ2n) is 3.87. The summed E-state index contributed by atoms with van der Waals surface area (Å²) >= 11 is 0. The van der Waals surface area contributed by atoms with Crippen molar-refractivity contribution in [2.24, 2.45) is 0 Å². The Morgan fingerprint density at radius 3 is 2.67 bits per heavy atom. The first kappa shape index (κ1) is 12.0. The zero-order valence-corrected chi connectivity index (χ0v) is 9.74. The molecule has 0 radical (unpaired) electrons. The lowest BCUT2D eigenvalue weighted by molar-refractivity contribution is 0.601. The lowest BCUT2D eigenvalue weighted by atomic mass is 10.2. The molecule has 1 nitrogen and oxygen atoms in total. The van der Waals surface area contributed by atoms with E-state index in [1.54, 1.807) is 0 Å². The first-order chi connectivity index (χ1) is 7.33. The third kappa shape index (κ3) is 5.38. The van der Waals surface area contributed by atoms with E-state index in [1.807, 2.05) is 6.07 Å². The Hall–Kier alpha value is -1.08. The van der Waals surface area contributed by atoms with Crippen LogP contribution in [0.2, 0.25) is 0 Å². The van der Waals surface area contributed by atoms with Crippen molar-refractivity contribution in [3.05, 3.63) is 42.0 Å². The van der Waals surface area contributed by atoms with E-state index in [0.29, 0.717) is 6.04 Å². The molecular formula is C14H21N. The van der Waals surface area contributed by atoms with E-state index in [0.717, 1.165) is 6.54 Å². The smallest absolute Gasteiger partial charge is 0.0224 e. The highest BCUT2D eigenvalue weighted by Crippen LogP contribution is 2.01. The molecule has 0 fully saturated rings. The maximum atomic E-state index is 3.47. The van der Waals surface area contributed by atoms with Gasteiger partial charge in [-0.15, -0.1) is 0 Å². The maximum absolute atomic E-state index is 3.47. The van der Waals surface area contributed by atoms with Gasteiger partial charge in [0.05, 0.1) is 0 Å². The summed E-state index contributed by atoms with van der Waals surface area (Å²) in [6.45, 7) is 5.51. The van der Waals surface area contributed by atoms with Gasteiger partial charge in [-0.3, -0.25) is 0 Å². The molecular weight excluding hydrogens is 182 g/mol. The fourth-order valence-electron chi connectivity index (χ4n) is 1.39. The highest BCUT2D eigenvalue weighted by molar-refractivity contribution is 5.49. The Balaban J connectivity index is 2.31. The van der Waals surface area contributed by atoms with Crippen molar-refractivity contribution in [1.82, 2.24) is 5.32 Å². The van der Waals surface area contributed by atoms with Gasteiger partial charge < -0.3 is 5.32 Å². The van der Waals surface area contributed by atoms with Gasteiger partial charge in [0.2, 0.25) is 0 Å². The standard InChI is InChI=1S/C14H21N/c1-3-4-12-15-13(2)10-11-14-8-6-5-7-9-14/h5-11,13,15H,3-4,12H2,1-2H3/b11-10+/t13-/m0/s1. The van der Waals surface area contributed by atoms with Crippen LogP contribution >= 0.6 is 0 Å². The Morgan fingerprint density at radius 1 is 1.27 bits per heavy atom. The zero-order chi connectivity index (χ0) is 10.9. The monoisotopic (exact) mass is 203 g/mol. The van der Waals surface area contributed by atoms with Crippen LogP contribution in [-0.4, -0.2) is 12.6 Å². The molecule has 1 heteroatoms. The van der Waals surface area contributed by atoms with Crippen LogP contribution in [0.1, 0.15) is 32.3 Å². The molecule has 1 N–H and O–H groups in total. The SMILES string of the molecule is CCCCN[C@@H](C)/C=C/c1ccccc1. The topological polar surface area (TPSA) is 12.0 Å². The maximum Gasteiger partial charge on any atom is 0.0224 e. The number of hydrogen-bond donors (Lipinski definition) is 1. The fraction of sp³-hybridized carbons (Fsp3) is 0.429. The number of nitrogens with one attached hydrogen (secondary N) is 1. The van der Waals surface area contributed by atoms with Crippen LogP contribution in [0, 0.1) is 0 Å². The molecule has 82 valence electrons.